The van der Waals surface area contributed by atoms with E-state index in [1.807, 2.05) is 6.08 Å². The fourth-order valence-electron chi connectivity index (χ4n) is 3.51. The summed E-state index contributed by atoms with van der Waals surface area (Å²) >= 11 is 0. The lowest BCUT2D eigenvalue weighted by Gasteiger charge is -2.27. The van der Waals surface area contributed by atoms with Crippen LogP contribution in [-0.4, -0.2) is 36.1 Å². The Balaban J connectivity index is 1.98. The smallest absolute Gasteiger partial charge is 0.408 e. The molecule has 2 unspecified atom stereocenters. The van der Waals surface area contributed by atoms with Crippen molar-refractivity contribution in [3.8, 4) is 0 Å². The molecule has 8 heteroatoms. The fraction of sp³-hybridized carbons (Fsp3) is 0.476. The Bertz CT molecular complexity index is 847. The molecule has 0 spiro atoms. The van der Waals surface area contributed by atoms with E-state index >= 15 is 0 Å². The van der Waals surface area contributed by atoms with E-state index in [1.54, 1.807) is 32.9 Å². The van der Waals surface area contributed by atoms with Crippen LogP contribution < -0.4 is 15.5 Å². The van der Waals surface area contributed by atoms with Crippen molar-refractivity contribution in [2.45, 2.75) is 57.7 Å². The highest BCUT2D eigenvalue weighted by molar-refractivity contribution is 6.03. The van der Waals surface area contributed by atoms with Crippen LogP contribution in [0.4, 0.5) is 14.9 Å². The molecule has 2 aliphatic rings. The largest absolute Gasteiger partial charge is 0.444 e. The first kappa shape index (κ1) is 20.8. The molecule has 3 rings (SSSR count). The number of nitrogens with zero attached hydrogens (tertiary/aromatic N) is 1. The Labute approximate surface area is 169 Å². The second-order valence-corrected chi connectivity index (χ2v) is 8.21. The van der Waals surface area contributed by atoms with Gasteiger partial charge in [0.1, 0.15) is 17.5 Å². The number of amides is 3. The number of carbonyl (C=O) groups excluding carboxylic acids is 3. The van der Waals surface area contributed by atoms with E-state index in [0.717, 1.165) is 0 Å². The lowest BCUT2D eigenvalue weighted by atomic mass is 10.0. The molecule has 1 saturated heterocycles. The first-order chi connectivity index (χ1) is 13.6. The molecule has 0 aliphatic carbocycles. The van der Waals surface area contributed by atoms with Gasteiger partial charge in [-0.05, 0) is 57.4 Å². The number of hydrogen-bond donors (Lipinski definition) is 2. The molecule has 29 heavy (non-hydrogen) atoms. The van der Waals surface area contributed by atoms with Crippen LogP contribution in [0.2, 0.25) is 0 Å². The Morgan fingerprint density at radius 3 is 2.72 bits per heavy atom. The van der Waals surface area contributed by atoms with Crippen molar-refractivity contribution in [2.75, 3.05) is 11.4 Å². The molecule has 2 N–H and O–H groups in total. The molecule has 0 saturated carbocycles. The Morgan fingerprint density at radius 2 is 2.00 bits per heavy atom. The van der Waals surface area contributed by atoms with E-state index in [0.29, 0.717) is 30.6 Å². The van der Waals surface area contributed by atoms with Crippen molar-refractivity contribution >= 4 is 23.6 Å². The maximum atomic E-state index is 14.4. The second kappa shape index (κ2) is 8.23. The van der Waals surface area contributed by atoms with Gasteiger partial charge in [-0.25, -0.2) is 9.18 Å². The summed E-state index contributed by atoms with van der Waals surface area (Å²) in [5, 5.41) is 5.55. The molecule has 1 aromatic rings. The average Bonchev–Trinajstić information content (AvgIpc) is 2.99. The molecule has 0 radical (unpaired) electrons. The van der Waals surface area contributed by atoms with Crippen LogP contribution in [0.3, 0.4) is 0 Å². The third-order valence-electron chi connectivity index (χ3n) is 4.72. The van der Waals surface area contributed by atoms with Crippen LogP contribution in [0.25, 0.3) is 0 Å². The monoisotopic (exact) mass is 403 g/mol. The minimum absolute atomic E-state index is 0.222. The second-order valence-electron chi connectivity index (χ2n) is 8.21. The normalized spacial score (nSPS) is 23.4. The summed E-state index contributed by atoms with van der Waals surface area (Å²) in [5.74, 6) is -1.05. The van der Waals surface area contributed by atoms with Crippen molar-refractivity contribution in [1.82, 2.24) is 10.6 Å². The van der Waals surface area contributed by atoms with Crippen LogP contribution in [0, 0.1) is 5.82 Å². The van der Waals surface area contributed by atoms with Gasteiger partial charge in [0.2, 0.25) is 11.8 Å². The minimum Gasteiger partial charge on any atom is -0.444 e. The molecular formula is C21H26FN3O4. The first-order valence-corrected chi connectivity index (χ1v) is 9.69. The van der Waals surface area contributed by atoms with Gasteiger partial charge in [-0.15, -0.1) is 0 Å². The Hall–Kier alpha value is -2.90. The van der Waals surface area contributed by atoms with Gasteiger partial charge in [0.05, 0.1) is 6.04 Å². The number of fused-ring (bicyclic) bond motifs is 4. The van der Waals surface area contributed by atoms with Crippen LogP contribution in [0.5, 0.6) is 0 Å². The van der Waals surface area contributed by atoms with Gasteiger partial charge in [0.25, 0.3) is 0 Å². The predicted octanol–water partition coefficient (Wildman–Crippen LogP) is 2.96. The number of nitrogens with one attached hydrogen (secondary N) is 2. The fourth-order valence-corrected chi connectivity index (χ4v) is 3.51. The number of anilines is 1. The van der Waals surface area contributed by atoms with Gasteiger partial charge < -0.3 is 15.4 Å². The average molecular weight is 403 g/mol. The number of benzene rings is 1. The topological polar surface area (TPSA) is 87.7 Å². The third-order valence-corrected chi connectivity index (χ3v) is 4.72. The molecule has 2 aliphatic heterocycles. The van der Waals surface area contributed by atoms with Gasteiger partial charge >= 0.3 is 6.09 Å². The highest BCUT2D eigenvalue weighted by Gasteiger charge is 2.37. The molecule has 1 fully saturated rings. The van der Waals surface area contributed by atoms with E-state index in [9.17, 15) is 18.8 Å². The summed E-state index contributed by atoms with van der Waals surface area (Å²) < 4.78 is 19.8. The number of rotatable bonds is 1. The van der Waals surface area contributed by atoms with Crippen LogP contribution in [-0.2, 0) is 14.3 Å². The van der Waals surface area contributed by atoms with E-state index in [-0.39, 0.29) is 18.2 Å². The highest BCUT2D eigenvalue weighted by atomic mass is 19.1. The molecule has 156 valence electrons. The lowest BCUT2D eigenvalue weighted by Crippen LogP contribution is -2.45. The maximum absolute atomic E-state index is 14.4. The van der Waals surface area contributed by atoms with Crippen LogP contribution in [0.1, 0.15) is 51.6 Å². The lowest BCUT2D eigenvalue weighted by molar-refractivity contribution is -0.123. The summed E-state index contributed by atoms with van der Waals surface area (Å²) in [6.45, 7) is 5.58. The number of alkyl carbamates (subject to hydrolysis) is 1. The van der Waals surface area contributed by atoms with Crippen molar-refractivity contribution in [2.24, 2.45) is 0 Å². The van der Waals surface area contributed by atoms with Gasteiger partial charge in [-0.1, -0.05) is 12.2 Å². The van der Waals surface area contributed by atoms with Crippen molar-refractivity contribution < 1.29 is 23.5 Å². The van der Waals surface area contributed by atoms with E-state index in [4.69, 9.17) is 4.74 Å². The minimum atomic E-state index is -0.678. The summed E-state index contributed by atoms with van der Waals surface area (Å²) in [4.78, 5) is 38.5. The zero-order chi connectivity index (χ0) is 21.2. The number of ether oxygens (including phenoxy) is 1. The molecule has 3 amide bonds. The molecule has 1 aromatic carbocycles. The van der Waals surface area contributed by atoms with E-state index < -0.39 is 29.6 Å². The summed E-state index contributed by atoms with van der Waals surface area (Å²) in [6, 6.07) is 2.97. The summed E-state index contributed by atoms with van der Waals surface area (Å²) in [5.41, 5.74) is 0.135. The standard InChI is InChI=1S/C21H26FN3O4/c1-21(2,3)29-20(28)24-16-6-4-5-9-23-19(27)17-7-8-18(26)25(17)15-11-13(16)10-14(22)12-15/h4-5,10-12,16-17H,6-9H2,1-3H3,(H,23,27)(H,24,28)/b5-4+. The van der Waals surface area contributed by atoms with Gasteiger partial charge in [-0.2, -0.15) is 0 Å². The van der Waals surface area contributed by atoms with Crippen LogP contribution in [0.15, 0.2) is 30.4 Å². The number of hydrogen-bond acceptors (Lipinski definition) is 4. The zero-order valence-corrected chi connectivity index (χ0v) is 16.8. The van der Waals surface area contributed by atoms with Crippen molar-refractivity contribution in [3.05, 3.63) is 41.7 Å². The molecule has 0 aromatic heterocycles. The van der Waals surface area contributed by atoms with Crippen LogP contribution >= 0.6 is 0 Å². The molecule has 2 heterocycles. The van der Waals surface area contributed by atoms with Gasteiger partial charge in [-0.3, -0.25) is 14.5 Å². The molecule has 2 bridgehead atoms. The highest BCUT2D eigenvalue weighted by Crippen LogP contribution is 2.31. The van der Waals surface area contributed by atoms with E-state index in [1.165, 1.54) is 17.0 Å². The molecular weight excluding hydrogens is 377 g/mol. The summed E-state index contributed by atoms with van der Waals surface area (Å²) in [7, 11) is 0. The third kappa shape index (κ3) is 5.13. The number of carbonyl (C=O) groups is 3. The van der Waals surface area contributed by atoms with Gasteiger partial charge in [0, 0.05) is 18.7 Å². The van der Waals surface area contributed by atoms with Crippen molar-refractivity contribution in [1.29, 1.82) is 0 Å². The number of halogens is 1. The Kier molecular flexibility index (Phi) is 5.91. The Morgan fingerprint density at radius 1 is 1.24 bits per heavy atom. The predicted molar refractivity (Wildman–Crippen MR) is 106 cm³/mol. The summed E-state index contributed by atoms with van der Waals surface area (Å²) in [6.07, 6.45) is 3.93. The molecule has 7 nitrogen and oxygen atoms in total. The van der Waals surface area contributed by atoms with Gasteiger partial charge in [0.15, 0.2) is 0 Å². The zero-order valence-electron chi connectivity index (χ0n) is 16.8. The SMILES string of the molecule is CC(C)(C)OC(=O)NC1C/C=C/CNC(=O)C2CCC(=O)N2c2cc(F)cc1c2. The first-order valence-electron chi connectivity index (χ1n) is 9.69. The molecule has 2 atom stereocenters. The van der Waals surface area contributed by atoms with Crippen molar-refractivity contribution in [3.63, 3.8) is 0 Å². The quantitative estimate of drug-likeness (QED) is 0.706. The maximum Gasteiger partial charge on any atom is 0.408 e. The van der Waals surface area contributed by atoms with E-state index in [2.05, 4.69) is 10.6 Å².